The molecule has 2 amide bonds. The summed E-state index contributed by atoms with van der Waals surface area (Å²) in [5, 5.41) is 18.2. The Morgan fingerprint density at radius 3 is 2.71 bits per heavy atom. The molecule has 0 bridgehead atoms. The summed E-state index contributed by atoms with van der Waals surface area (Å²) in [6, 6.07) is 5.86. The third-order valence-electron chi connectivity index (χ3n) is 4.98. The minimum atomic E-state index is -0.858. The minimum Gasteiger partial charge on any atom is -0.480 e. The Morgan fingerprint density at radius 2 is 2.07 bits per heavy atom. The van der Waals surface area contributed by atoms with Gasteiger partial charge in [-0.05, 0) is 38.4 Å². The number of carbonyl (C=O) groups excluding carboxylic acids is 1. The summed E-state index contributed by atoms with van der Waals surface area (Å²) in [6.45, 7) is 4.25. The van der Waals surface area contributed by atoms with E-state index in [-0.39, 0.29) is 35.8 Å². The summed E-state index contributed by atoms with van der Waals surface area (Å²) >= 11 is 0. The summed E-state index contributed by atoms with van der Waals surface area (Å²) in [4.78, 5) is 25.0. The summed E-state index contributed by atoms with van der Waals surface area (Å²) in [7, 11) is 0. The molecule has 0 radical (unpaired) electrons. The number of carboxylic acids is 1. The van der Waals surface area contributed by atoms with Crippen LogP contribution in [-0.4, -0.2) is 52.3 Å². The highest BCUT2D eigenvalue weighted by Gasteiger charge is 2.34. The highest BCUT2D eigenvalue weighted by molar-refractivity contribution is 5.90. The molecule has 0 saturated heterocycles. The number of benzene rings is 1. The molecule has 1 saturated carbocycles. The van der Waals surface area contributed by atoms with Crippen molar-refractivity contribution in [1.82, 2.24) is 15.4 Å². The van der Waals surface area contributed by atoms with Crippen LogP contribution in [0.2, 0.25) is 0 Å². The number of nitrogens with one attached hydrogen (secondary N) is 2. The Morgan fingerprint density at radius 1 is 1.36 bits per heavy atom. The molecule has 3 N–H and O–H groups in total. The van der Waals surface area contributed by atoms with Crippen molar-refractivity contribution in [3.8, 4) is 11.3 Å². The quantitative estimate of drug-likeness (QED) is 0.671. The van der Waals surface area contributed by atoms with Crippen LogP contribution in [0.5, 0.6) is 0 Å². The monoisotopic (exact) mass is 390 g/mol. The molecule has 0 atom stereocenters. The molecule has 0 unspecified atom stereocenters. The van der Waals surface area contributed by atoms with Crippen LogP contribution in [0.1, 0.15) is 25.3 Å². The molecule has 0 aliphatic heterocycles. The van der Waals surface area contributed by atoms with Gasteiger partial charge in [0.2, 0.25) is 0 Å². The summed E-state index contributed by atoms with van der Waals surface area (Å²) in [6.07, 6.45) is 1.37. The molecular formula is C19H23FN4O4. The first kappa shape index (κ1) is 19.8. The van der Waals surface area contributed by atoms with E-state index in [1.165, 1.54) is 6.07 Å². The van der Waals surface area contributed by atoms with Gasteiger partial charge in [0, 0.05) is 17.6 Å². The van der Waals surface area contributed by atoms with E-state index in [0.29, 0.717) is 24.9 Å². The number of rotatable bonds is 7. The molecule has 150 valence electrons. The van der Waals surface area contributed by atoms with E-state index in [2.05, 4.69) is 15.8 Å². The fraction of sp³-hybridized carbons (Fsp3) is 0.421. The number of urea groups is 1. The number of halogens is 1. The van der Waals surface area contributed by atoms with Gasteiger partial charge in [0.25, 0.3) is 0 Å². The van der Waals surface area contributed by atoms with Gasteiger partial charge in [-0.2, -0.15) is 0 Å². The number of anilines is 1. The first-order valence-electron chi connectivity index (χ1n) is 9.13. The first-order chi connectivity index (χ1) is 13.4. The van der Waals surface area contributed by atoms with Crippen molar-refractivity contribution in [2.45, 2.75) is 38.8 Å². The predicted octanol–water partition coefficient (Wildman–Crippen LogP) is 2.85. The lowest BCUT2D eigenvalue weighted by molar-refractivity contribution is -0.139. The zero-order valence-electron chi connectivity index (χ0n) is 15.7. The number of carboxylic acid groups (broad SMARTS) is 1. The molecule has 3 rings (SSSR count). The largest absolute Gasteiger partial charge is 0.480 e. The van der Waals surface area contributed by atoms with Crippen LogP contribution < -0.4 is 10.6 Å². The first-order valence-corrected chi connectivity index (χ1v) is 9.13. The second-order valence-electron chi connectivity index (χ2n) is 6.84. The molecule has 8 nitrogen and oxygen atoms in total. The number of likely N-dealkylation sites (N-methyl/N-ethyl adjacent to an activating group) is 1. The lowest BCUT2D eigenvalue weighted by atomic mass is 9.85. The van der Waals surface area contributed by atoms with Crippen molar-refractivity contribution in [3.05, 3.63) is 35.6 Å². The van der Waals surface area contributed by atoms with Crippen LogP contribution in [-0.2, 0) is 4.79 Å². The number of carbonyl (C=O) groups is 2. The van der Waals surface area contributed by atoms with Crippen molar-refractivity contribution < 1.29 is 23.6 Å². The van der Waals surface area contributed by atoms with E-state index in [4.69, 9.17) is 9.63 Å². The summed E-state index contributed by atoms with van der Waals surface area (Å²) < 4.78 is 19.1. The Kier molecular flexibility index (Phi) is 5.93. The van der Waals surface area contributed by atoms with Gasteiger partial charge in [0.15, 0.2) is 11.6 Å². The van der Waals surface area contributed by atoms with Crippen molar-refractivity contribution >= 4 is 17.8 Å². The van der Waals surface area contributed by atoms with E-state index < -0.39 is 17.8 Å². The van der Waals surface area contributed by atoms with Crippen molar-refractivity contribution in [3.63, 3.8) is 0 Å². The van der Waals surface area contributed by atoms with Crippen LogP contribution in [0.4, 0.5) is 15.0 Å². The Balaban J connectivity index is 1.54. The molecule has 28 heavy (non-hydrogen) atoms. The fourth-order valence-electron chi connectivity index (χ4n) is 3.35. The molecular weight excluding hydrogens is 367 g/mol. The lowest BCUT2D eigenvalue weighted by Gasteiger charge is -2.42. The van der Waals surface area contributed by atoms with Crippen molar-refractivity contribution in [2.75, 3.05) is 18.4 Å². The van der Waals surface area contributed by atoms with Gasteiger partial charge >= 0.3 is 12.0 Å². The van der Waals surface area contributed by atoms with E-state index in [9.17, 15) is 14.0 Å². The maximum atomic E-state index is 13.9. The number of amides is 2. The second-order valence-corrected chi connectivity index (χ2v) is 6.84. The second kappa shape index (κ2) is 8.39. The maximum Gasteiger partial charge on any atom is 0.320 e. The van der Waals surface area contributed by atoms with Gasteiger partial charge in [-0.3, -0.25) is 15.0 Å². The van der Waals surface area contributed by atoms with Crippen molar-refractivity contribution in [1.29, 1.82) is 0 Å². The van der Waals surface area contributed by atoms with Crippen molar-refractivity contribution in [2.24, 2.45) is 0 Å². The zero-order chi connectivity index (χ0) is 20.3. The van der Waals surface area contributed by atoms with Crippen LogP contribution in [0, 0.1) is 12.7 Å². The van der Waals surface area contributed by atoms with E-state index in [0.717, 1.165) is 0 Å². The van der Waals surface area contributed by atoms with Gasteiger partial charge in [-0.25, -0.2) is 9.18 Å². The SMILES string of the molecule is CCN(CC(=O)O)C1CC(NC(=O)Nc2noc(-c3ccccc3F)c2C)C1. The molecule has 1 aromatic carbocycles. The normalized spacial score (nSPS) is 18.6. The molecule has 1 heterocycles. The number of aliphatic carboxylic acids is 1. The Hall–Kier alpha value is -2.94. The van der Waals surface area contributed by atoms with Crippen LogP contribution in [0.3, 0.4) is 0 Å². The molecule has 1 aliphatic carbocycles. The van der Waals surface area contributed by atoms with E-state index in [1.807, 2.05) is 11.8 Å². The van der Waals surface area contributed by atoms with Crippen LogP contribution in [0.15, 0.2) is 28.8 Å². The topological polar surface area (TPSA) is 108 Å². The average molecular weight is 390 g/mol. The van der Waals surface area contributed by atoms with Gasteiger partial charge in [0.1, 0.15) is 5.82 Å². The third-order valence-corrected chi connectivity index (χ3v) is 4.98. The van der Waals surface area contributed by atoms with Gasteiger partial charge in [-0.15, -0.1) is 0 Å². The van der Waals surface area contributed by atoms with Gasteiger partial charge < -0.3 is 14.9 Å². The van der Waals surface area contributed by atoms with Crippen LogP contribution >= 0.6 is 0 Å². The number of hydrogen-bond acceptors (Lipinski definition) is 5. The van der Waals surface area contributed by atoms with Gasteiger partial charge in [0.05, 0.1) is 12.1 Å². The molecule has 0 spiro atoms. The van der Waals surface area contributed by atoms with E-state index in [1.54, 1.807) is 25.1 Å². The third kappa shape index (κ3) is 4.30. The maximum absolute atomic E-state index is 13.9. The standard InChI is InChI=1S/C19H23FN4O4/c1-3-24(10-16(25)26)13-8-12(9-13)21-19(27)22-18-11(2)17(28-23-18)14-6-4-5-7-15(14)20/h4-7,12-13H,3,8-10H2,1-2H3,(H,25,26)(H2,21,22,23,27). The summed E-state index contributed by atoms with van der Waals surface area (Å²) in [5.74, 6) is -0.791. The Bertz CT molecular complexity index is 863. The number of aromatic nitrogens is 1. The number of hydrogen-bond donors (Lipinski definition) is 3. The highest BCUT2D eigenvalue weighted by Crippen LogP contribution is 2.30. The Labute approximate surface area is 161 Å². The zero-order valence-corrected chi connectivity index (χ0v) is 15.7. The smallest absolute Gasteiger partial charge is 0.320 e. The highest BCUT2D eigenvalue weighted by atomic mass is 19.1. The fourth-order valence-corrected chi connectivity index (χ4v) is 3.35. The number of nitrogens with zero attached hydrogens (tertiary/aromatic N) is 2. The molecule has 1 fully saturated rings. The summed E-state index contributed by atoms with van der Waals surface area (Å²) in [5.41, 5.74) is 0.811. The lowest BCUT2D eigenvalue weighted by Crippen LogP contribution is -2.55. The molecule has 2 aromatic rings. The predicted molar refractivity (Wildman–Crippen MR) is 100 cm³/mol. The van der Waals surface area contributed by atoms with Crippen LogP contribution in [0.25, 0.3) is 11.3 Å². The average Bonchev–Trinajstić information content (AvgIpc) is 2.97. The van der Waals surface area contributed by atoms with E-state index >= 15 is 0 Å². The van der Waals surface area contributed by atoms with Gasteiger partial charge in [-0.1, -0.05) is 24.2 Å². The molecule has 9 heteroatoms. The molecule has 1 aliphatic rings. The minimum absolute atomic E-state index is 0.00294. The molecule has 1 aromatic heterocycles.